The summed E-state index contributed by atoms with van der Waals surface area (Å²) in [5.41, 5.74) is -0.0414. The summed E-state index contributed by atoms with van der Waals surface area (Å²) in [4.78, 5) is 28.5. The van der Waals surface area contributed by atoms with E-state index in [1.165, 1.54) is 0 Å². The molecule has 0 bridgehead atoms. The number of Topliss-reactive ketones (excluding diaryl/α,β-unsaturated/α-hetero) is 1. The first kappa shape index (κ1) is 40.2. The highest BCUT2D eigenvalue weighted by atomic mass is 16.6. The summed E-state index contributed by atoms with van der Waals surface area (Å²) < 4.78 is 14.1. The van der Waals surface area contributed by atoms with Crippen molar-refractivity contribution in [3.05, 3.63) is 166 Å². The summed E-state index contributed by atoms with van der Waals surface area (Å²) in [6.45, 7) is 16.2. The van der Waals surface area contributed by atoms with Gasteiger partial charge in [0.2, 0.25) is 0 Å². The Morgan fingerprint density at radius 3 is 1.83 bits per heavy atom. The number of hydrogen-bond acceptors (Lipinski definition) is 6. The van der Waals surface area contributed by atoms with Gasteiger partial charge in [-0.2, -0.15) is 0 Å². The fraction of sp³-hybridized carbons (Fsp3) is 0.423. The van der Waals surface area contributed by atoms with Gasteiger partial charge >= 0.3 is 5.97 Å². The van der Waals surface area contributed by atoms with Crippen LogP contribution in [0, 0.1) is 41.9 Å². The molecule has 2 fully saturated rings. The first-order valence-electron chi connectivity index (χ1n) is 20.9. The number of aliphatic hydroxyl groups is 2. The van der Waals surface area contributed by atoms with E-state index in [9.17, 15) is 19.8 Å². The molecule has 0 aromatic heterocycles. The zero-order chi connectivity index (χ0) is 41.5. The van der Waals surface area contributed by atoms with Crippen LogP contribution in [0.2, 0.25) is 0 Å². The largest absolute Gasteiger partial charge is 0.458 e. The minimum absolute atomic E-state index is 0.00598. The van der Waals surface area contributed by atoms with E-state index in [2.05, 4.69) is 101 Å². The fourth-order valence-corrected chi connectivity index (χ4v) is 11.4. The van der Waals surface area contributed by atoms with Crippen LogP contribution in [0.25, 0.3) is 0 Å². The van der Waals surface area contributed by atoms with Crippen LogP contribution >= 0.6 is 0 Å². The Labute approximate surface area is 344 Å². The highest BCUT2D eigenvalue weighted by molar-refractivity contribution is 6.04. The third-order valence-corrected chi connectivity index (χ3v) is 15.2. The number of benzene rings is 4. The van der Waals surface area contributed by atoms with Crippen LogP contribution in [0.3, 0.4) is 0 Å². The van der Waals surface area contributed by atoms with Crippen molar-refractivity contribution in [1.29, 1.82) is 0 Å². The zero-order valence-corrected chi connectivity index (χ0v) is 35.2. The van der Waals surface area contributed by atoms with E-state index in [4.69, 9.17) is 9.47 Å². The van der Waals surface area contributed by atoms with Crippen LogP contribution in [0.4, 0.5) is 0 Å². The monoisotopic (exact) mass is 778 g/mol. The van der Waals surface area contributed by atoms with Crippen molar-refractivity contribution in [3.8, 4) is 0 Å². The molecule has 302 valence electrons. The highest BCUT2D eigenvalue weighted by Gasteiger charge is 2.83. The van der Waals surface area contributed by atoms with Gasteiger partial charge in [-0.15, -0.1) is 0 Å². The highest BCUT2D eigenvalue weighted by Crippen LogP contribution is 2.76. The van der Waals surface area contributed by atoms with Gasteiger partial charge in [-0.05, 0) is 59.6 Å². The molecule has 2 saturated carbocycles. The van der Waals surface area contributed by atoms with Crippen molar-refractivity contribution in [1.82, 2.24) is 0 Å². The lowest BCUT2D eigenvalue weighted by Gasteiger charge is -2.50. The number of carbonyl (C=O) groups is 2. The Balaban J connectivity index is 1.21. The molecule has 0 amide bonds. The minimum atomic E-state index is -1.87. The Hall–Kier alpha value is -4.62. The van der Waals surface area contributed by atoms with Crippen LogP contribution < -0.4 is 0 Å². The number of hydrogen-bond donors (Lipinski definition) is 2. The number of esters is 1. The molecule has 0 saturated heterocycles. The normalized spacial score (nSPS) is 30.5. The van der Waals surface area contributed by atoms with Gasteiger partial charge in [0, 0.05) is 35.0 Å². The molecular weight excluding hydrogens is 721 g/mol. The van der Waals surface area contributed by atoms with Gasteiger partial charge in [0.1, 0.15) is 16.8 Å². The fourth-order valence-electron chi connectivity index (χ4n) is 11.4. The van der Waals surface area contributed by atoms with E-state index in [1.807, 2.05) is 68.4 Å². The SMILES string of the molecule is CC1=C[C@H]2[C@@]3(O)[C@H](C)C[C@]4(OC(=O)C(C)C(C)(C)c5ccc(C)cc5)[C@H]([C@@H]3C=C(COC(c3ccccc3)(c3ccccc3)c3ccccc3)C[C@]2(O)C1=O)C4(C)C. The van der Waals surface area contributed by atoms with Crippen LogP contribution in [0.1, 0.15) is 89.1 Å². The van der Waals surface area contributed by atoms with Crippen LogP contribution in [0.15, 0.2) is 139 Å². The predicted octanol–water partition coefficient (Wildman–Crippen LogP) is 9.45. The van der Waals surface area contributed by atoms with Crippen molar-refractivity contribution < 1.29 is 29.3 Å². The summed E-state index contributed by atoms with van der Waals surface area (Å²) in [5.74, 6) is -3.18. The summed E-state index contributed by atoms with van der Waals surface area (Å²) >= 11 is 0. The Morgan fingerprint density at radius 2 is 1.31 bits per heavy atom. The standard InChI is InChI=1S/C52H58O6/c1-33-24-26-38(27-25-33)47(5,6)36(4)46(54)58-50-30-35(3)51(56)42(44(50)48(50,7)8)29-37(31-49(55)43(51)28-34(2)45(49)53)32-57-52(39-18-12-9-13-19-39,40-20-14-10-15-21-40)41-22-16-11-17-23-41/h9-29,35-36,42-44,55-56H,30-32H2,1-8H3/t35-,36?,42+,43-,44-,49-,50+,51-/m1/s1. The average molecular weight is 779 g/mol. The van der Waals surface area contributed by atoms with Gasteiger partial charge in [0.15, 0.2) is 5.78 Å². The topological polar surface area (TPSA) is 93.1 Å². The third-order valence-electron chi connectivity index (χ3n) is 15.2. The van der Waals surface area contributed by atoms with E-state index in [0.717, 1.165) is 33.4 Å². The van der Waals surface area contributed by atoms with Crippen molar-refractivity contribution in [2.45, 2.75) is 96.1 Å². The van der Waals surface area contributed by atoms with Crippen molar-refractivity contribution in [3.63, 3.8) is 0 Å². The molecule has 0 spiro atoms. The number of aryl methyl sites for hydroxylation is 1. The van der Waals surface area contributed by atoms with Crippen LogP contribution in [0.5, 0.6) is 0 Å². The minimum Gasteiger partial charge on any atom is -0.458 e. The van der Waals surface area contributed by atoms with E-state index < -0.39 is 56.9 Å². The lowest BCUT2D eigenvalue weighted by atomic mass is 9.60. The molecule has 4 aromatic rings. The van der Waals surface area contributed by atoms with Gasteiger partial charge in [0.25, 0.3) is 0 Å². The third kappa shape index (κ3) is 5.84. The molecule has 8 rings (SSSR count). The lowest BCUT2D eigenvalue weighted by Crippen LogP contribution is -2.61. The predicted molar refractivity (Wildman–Crippen MR) is 227 cm³/mol. The summed E-state index contributed by atoms with van der Waals surface area (Å²) in [5, 5.41) is 26.0. The van der Waals surface area contributed by atoms with Gasteiger partial charge in [-0.1, -0.05) is 175 Å². The molecule has 4 aliphatic carbocycles. The summed E-state index contributed by atoms with van der Waals surface area (Å²) in [6, 6.07) is 38.7. The number of carbonyl (C=O) groups excluding carboxylic acids is 2. The molecule has 8 atom stereocenters. The van der Waals surface area contributed by atoms with E-state index in [-0.39, 0.29) is 30.7 Å². The van der Waals surface area contributed by atoms with E-state index in [1.54, 1.807) is 13.0 Å². The molecule has 0 aliphatic heterocycles. The second kappa shape index (κ2) is 14.0. The number of fused-ring (bicyclic) bond motifs is 5. The number of ether oxygens (including phenoxy) is 2. The number of ketones is 1. The Bertz CT molecular complexity index is 2160. The maximum atomic E-state index is 14.4. The van der Waals surface area contributed by atoms with Crippen molar-refractivity contribution >= 4 is 11.8 Å². The van der Waals surface area contributed by atoms with E-state index in [0.29, 0.717) is 12.0 Å². The zero-order valence-electron chi connectivity index (χ0n) is 35.2. The van der Waals surface area contributed by atoms with Gasteiger partial charge in [0.05, 0.1) is 18.1 Å². The van der Waals surface area contributed by atoms with Crippen molar-refractivity contribution in [2.75, 3.05) is 6.61 Å². The van der Waals surface area contributed by atoms with Gasteiger partial charge in [-0.25, -0.2) is 0 Å². The van der Waals surface area contributed by atoms with Gasteiger partial charge < -0.3 is 19.7 Å². The Kier molecular flexibility index (Phi) is 9.70. The molecule has 6 heteroatoms. The molecule has 0 heterocycles. The van der Waals surface area contributed by atoms with Gasteiger partial charge in [-0.3, -0.25) is 9.59 Å². The number of rotatable bonds is 10. The smallest absolute Gasteiger partial charge is 0.310 e. The average Bonchev–Trinajstić information content (AvgIpc) is 3.62. The lowest BCUT2D eigenvalue weighted by molar-refractivity contribution is -0.189. The molecule has 2 N–H and O–H groups in total. The second-order valence-corrected chi connectivity index (χ2v) is 19.0. The molecule has 4 aliphatic rings. The molecular formula is C52H58O6. The first-order valence-corrected chi connectivity index (χ1v) is 20.9. The van der Waals surface area contributed by atoms with Crippen molar-refractivity contribution in [2.24, 2.45) is 35.0 Å². The quantitative estimate of drug-likeness (QED) is 0.0947. The molecule has 0 radical (unpaired) electrons. The van der Waals surface area contributed by atoms with E-state index >= 15 is 0 Å². The molecule has 58 heavy (non-hydrogen) atoms. The molecule has 1 unspecified atom stereocenters. The molecule has 4 aromatic carbocycles. The maximum absolute atomic E-state index is 14.4. The van der Waals surface area contributed by atoms with Crippen LogP contribution in [-0.2, 0) is 30.1 Å². The first-order chi connectivity index (χ1) is 27.4. The maximum Gasteiger partial charge on any atom is 0.310 e. The second-order valence-electron chi connectivity index (χ2n) is 19.0. The molecule has 6 nitrogen and oxygen atoms in total. The summed E-state index contributed by atoms with van der Waals surface area (Å²) in [6.07, 6.45) is 4.29. The van der Waals surface area contributed by atoms with Crippen LogP contribution in [-0.4, -0.2) is 45.4 Å². The summed E-state index contributed by atoms with van der Waals surface area (Å²) in [7, 11) is 0. The Morgan fingerprint density at radius 1 is 0.793 bits per heavy atom.